The minimum Gasteiger partial charge on any atom is -0.493 e. The molecule has 5 nitrogen and oxygen atoms in total. The number of rotatable bonds is 9. The van der Waals surface area contributed by atoms with Gasteiger partial charge in [0.15, 0.2) is 23.1 Å². The maximum Gasteiger partial charge on any atom is 0.387 e. The largest absolute Gasteiger partial charge is 0.493 e. The molecule has 0 spiro atoms. The lowest BCUT2D eigenvalue weighted by Gasteiger charge is -2.16. The molecule has 8 heteroatoms. The van der Waals surface area contributed by atoms with Gasteiger partial charge in [0.1, 0.15) is 6.61 Å². The highest BCUT2D eigenvalue weighted by molar-refractivity contribution is 5.91. The monoisotopic (exact) mass is 395 g/mol. The Morgan fingerprint density at radius 2 is 1.89 bits per heavy atom. The Hall–Kier alpha value is -3.16. The van der Waals surface area contributed by atoms with E-state index in [2.05, 4.69) is 4.74 Å². The summed E-state index contributed by atoms with van der Waals surface area (Å²) in [6.45, 7) is -2.58. The number of amides is 1. The van der Waals surface area contributed by atoms with Crippen LogP contribution in [0, 0.1) is 5.82 Å². The zero-order valence-corrected chi connectivity index (χ0v) is 15.4. The number of carbonyl (C=O) groups excluding carboxylic acids is 1. The van der Waals surface area contributed by atoms with E-state index in [0.717, 1.165) is 0 Å². The maximum absolute atomic E-state index is 13.5. The Labute approximate surface area is 160 Å². The summed E-state index contributed by atoms with van der Waals surface area (Å²) < 4.78 is 52.8. The number of hydrogen-bond donors (Lipinski definition) is 0. The van der Waals surface area contributed by atoms with Crippen molar-refractivity contribution in [2.75, 3.05) is 27.3 Å². The van der Waals surface area contributed by atoms with Crippen LogP contribution in [0.2, 0.25) is 0 Å². The molecule has 0 fully saturated rings. The van der Waals surface area contributed by atoms with Gasteiger partial charge < -0.3 is 19.1 Å². The van der Waals surface area contributed by atoms with E-state index < -0.39 is 12.4 Å². The first-order chi connectivity index (χ1) is 13.4. The number of hydrogen-bond acceptors (Lipinski definition) is 4. The molecule has 0 radical (unpaired) electrons. The Kier molecular flexibility index (Phi) is 7.74. The number of likely N-dealkylation sites (N-methyl/N-ethyl adjacent to an activating group) is 1. The molecule has 2 aromatic rings. The third-order valence-corrected chi connectivity index (χ3v) is 3.72. The quantitative estimate of drug-likeness (QED) is 0.603. The molecule has 0 aliphatic heterocycles. The van der Waals surface area contributed by atoms with Crippen molar-refractivity contribution in [1.29, 1.82) is 0 Å². The topological polar surface area (TPSA) is 48.0 Å². The van der Waals surface area contributed by atoms with Crippen LogP contribution in [-0.2, 0) is 4.79 Å². The van der Waals surface area contributed by atoms with Crippen LogP contribution >= 0.6 is 0 Å². The van der Waals surface area contributed by atoms with Gasteiger partial charge in [-0.3, -0.25) is 4.79 Å². The van der Waals surface area contributed by atoms with Gasteiger partial charge in [-0.2, -0.15) is 8.78 Å². The van der Waals surface area contributed by atoms with Crippen molar-refractivity contribution in [3.63, 3.8) is 0 Å². The zero-order chi connectivity index (χ0) is 20.5. The third kappa shape index (κ3) is 6.22. The van der Waals surface area contributed by atoms with E-state index in [1.165, 1.54) is 54.5 Å². The second-order valence-corrected chi connectivity index (χ2v) is 5.66. The predicted octanol–water partition coefficient (Wildman–Crippen LogP) is 3.99. The van der Waals surface area contributed by atoms with Gasteiger partial charge in [0.05, 0.1) is 13.7 Å². The summed E-state index contributed by atoms with van der Waals surface area (Å²) >= 11 is 0. The summed E-state index contributed by atoms with van der Waals surface area (Å²) in [7, 11) is 2.91. The van der Waals surface area contributed by atoms with Gasteiger partial charge in [-0.15, -0.1) is 0 Å². The smallest absolute Gasteiger partial charge is 0.387 e. The van der Waals surface area contributed by atoms with Gasteiger partial charge in [0, 0.05) is 13.1 Å². The predicted molar refractivity (Wildman–Crippen MR) is 98.2 cm³/mol. The highest BCUT2D eigenvalue weighted by atomic mass is 19.3. The first-order valence-corrected chi connectivity index (χ1v) is 8.34. The minimum absolute atomic E-state index is 0.0941. The summed E-state index contributed by atoms with van der Waals surface area (Å²) in [4.78, 5) is 13.6. The van der Waals surface area contributed by atoms with Crippen LogP contribution in [0.5, 0.6) is 17.2 Å². The average molecular weight is 395 g/mol. The Morgan fingerprint density at radius 3 is 2.57 bits per heavy atom. The number of nitrogens with zero attached hydrogens (tertiary/aromatic N) is 1. The van der Waals surface area contributed by atoms with Crippen LogP contribution in [0.15, 0.2) is 48.5 Å². The van der Waals surface area contributed by atoms with E-state index in [1.807, 2.05) is 0 Å². The number of para-hydroxylation sites is 1. The van der Waals surface area contributed by atoms with E-state index >= 15 is 0 Å². The van der Waals surface area contributed by atoms with E-state index in [0.29, 0.717) is 5.56 Å². The highest BCUT2D eigenvalue weighted by Crippen LogP contribution is 2.29. The van der Waals surface area contributed by atoms with Crippen molar-refractivity contribution in [3.05, 3.63) is 59.9 Å². The summed E-state index contributed by atoms with van der Waals surface area (Å²) in [6.07, 6.45) is 2.84. The molecule has 0 heterocycles. The molecule has 28 heavy (non-hydrogen) atoms. The van der Waals surface area contributed by atoms with Crippen LogP contribution in [0.1, 0.15) is 5.56 Å². The van der Waals surface area contributed by atoms with Crippen LogP contribution in [0.4, 0.5) is 13.2 Å². The first-order valence-electron chi connectivity index (χ1n) is 8.34. The van der Waals surface area contributed by atoms with E-state index in [-0.39, 0.29) is 36.3 Å². The Balaban J connectivity index is 1.90. The minimum atomic E-state index is -2.96. The lowest BCUT2D eigenvalue weighted by atomic mass is 10.2. The normalized spacial score (nSPS) is 10.9. The van der Waals surface area contributed by atoms with Gasteiger partial charge in [-0.1, -0.05) is 18.2 Å². The fourth-order valence-electron chi connectivity index (χ4n) is 2.24. The zero-order valence-electron chi connectivity index (χ0n) is 15.4. The van der Waals surface area contributed by atoms with Crippen LogP contribution in [0.25, 0.3) is 6.08 Å². The second-order valence-electron chi connectivity index (χ2n) is 5.66. The first kappa shape index (κ1) is 21.1. The van der Waals surface area contributed by atoms with Crippen LogP contribution < -0.4 is 14.2 Å². The van der Waals surface area contributed by atoms with Crippen molar-refractivity contribution in [2.24, 2.45) is 0 Å². The maximum atomic E-state index is 13.5. The lowest BCUT2D eigenvalue weighted by molar-refractivity contribution is -0.125. The fourth-order valence-corrected chi connectivity index (χ4v) is 2.24. The fraction of sp³-hybridized carbons (Fsp3) is 0.250. The highest BCUT2D eigenvalue weighted by Gasteiger charge is 2.11. The van der Waals surface area contributed by atoms with Crippen molar-refractivity contribution in [1.82, 2.24) is 4.90 Å². The summed E-state index contributed by atoms with van der Waals surface area (Å²) in [5.74, 6) is -0.615. The van der Waals surface area contributed by atoms with Gasteiger partial charge in [0.2, 0.25) is 5.91 Å². The number of ether oxygens (including phenoxy) is 3. The second kappa shape index (κ2) is 10.2. The Morgan fingerprint density at radius 1 is 1.14 bits per heavy atom. The van der Waals surface area contributed by atoms with Gasteiger partial charge in [-0.05, 0) is 35.9 Å². The molecular formula is C20H20F3NO4. The van der Waals surface area contributed by atoms with Crippen LogP contribution in [-0.4, -0.2) is 44.7 Å². The van der Waals surface area contributed by atoms with Gasteiger partial charge in [-0.25, -0.2) is 4.39 Å². The molecule has 2 rings (SSSR count). The standard InChI is InChI=1S/C20H20F3NO4/c1-24(11-12-27-16-6-4-3-5-15(16)21)19(25)10-8-14-7-9-17(28-20(22)23)18(13-14)26-2/h3-10,13,20H,11-12H2,1-2H3. The molecule has 1 amide bonds. The van der Waals surface area contributed by atoms with E-state index in [9.17, 15) is 18.0 Å². The SMILES string of the molecule is COc1cc(C=CC(=O)N(C)CCOc2ccccc2F)ccc1OC(F)F. The molecule has 0 aliphatic rings. The van der Waals surface area contributed by atoms with E-state index in [4.69, 9.17) is 9.47 Å². The van der Waals surface area contributed by atoms with Crippen LogP contribution in [0.3, 0.4) is 0 Å². The Bertz CT molecular complexity index is 827. The molecule has 0 saturated heterocycles. The molecular weight excluding hydrogens is 375 g/mol. The summed E-state index contributed by atoms with van der Waals surface area (Å²) in [5, 5.41) is 0. The van der Waals surface area contributed by atoms with Crippen molar-refractivity contribution < 1.29 is 32.2 Å². The molecule has 0 saturated carbocycles. The summed E-state index contributed by atoms with van der Waals surface area (Å²) in [6, 6.07) is 10.3. The molecule has 150 valence electrons. The number of halogens is 3. The number of carbonyl (C=O) groups is 1. The van der Waals surface area contributed by atoms with Gasteiger partial charge in [0.25, 0.3) is 0 Å². The third-order valence-electron chi connectivity index (χ3n) is 3.72. The summed E-state index contributed by atoms with van der Waals surface area (Å²) in [5.41, 5.74) is 0.572. The molecule has 0 aliphatic carbocycles. The van der Waals surface area contributed by atoms with Gasteiger partial charge >= 0.3 is 6.61 Å². The molecule has 0 aromatic heterocycles. The number of benzene rings is 2. The number of alkyl halides is 2. The van der Waals surface area contributed by atoms with Crippen molar-refractivity contribution in [3.8, 4) is 17.2 Å². The lowest BCUT2D eigenvalue weighted by Crippen LogP contribution is -2.29. The average Bonchev–Trinajstić information content (AvgIpc) is 2.67. The molecule has 0 bridgehead atoms. The van der Waals surface area contributed by atoms with Crippen molar-refractivity contribution >= 4 is 12.0 Å². The van der Waals surface area contributed by atoms with Crippen molar-refractivity contribution in [2.45, 2.75) is 6.61 Å². The molecule has 0 atom stereocenters. The molecule has 0 N–H and O–H groups in total. The molecule has 0 unspecified atom stereocenters. The molecule has 2 aromatic carbocycles. The number of methoxy groups -OCH3 is 1. The van der Waals surface area contributed by atoms with E-state index in [1.54, 1.807) is 19.2 Å².